The number of nitrogens with zero attached hydrogens (tertiary/aromatic N) is 2. The van der Waals surface area contributed by atoms with Crippen LogP contribution in [0.25, 0.3) is 0 Å². The van der Waals surface area contributed by atoms with E-state index in [0.717, 1.165) is 36.4 Å². The Morgan fingerprint density at radius 2 is 1.93 bits per heavy atom. The Bertz CT molecular complexity index is 885. The first-order valence-electron chi connectivity index (χ1n) is 10.1. The van der Waals surface area contributed by atoms with Gasteiger partial charge in [0.1, 0.15) is 5.75 Å². The smallest absolute Gasteiger partial charge is 0.242 e. The number of fused-ring (bicyclic) bond motifs is 1. The average Bonchev–Trinajstić information content (AvgIpc) is 2.75. The zero-order chi connectivity index (χ0) is 20.6. The van der Waals surface area contributed by atoms with E-state index in [-0.39, 0.29) is 36.4 Å². The van der Waals surface area contributed by atoms with Gasteiger partial charge in [-0.15, -0.1) is 24.0 Å². The molecule has 1 heterocycles. The minimum Gasteiger partial charge on any atom is -0.496 e. The quantitative estimate of drug-likeness (QED) is 0.348. The van der Waals surface area contributed by atoms with Gasteiger partial charge in [0.05, 0.1) is 20.2 Å². The standard InChI is InChI=1S/C23H30N4O2.HI/c1-4-24-23(25-14-19-10-9-17(2)13-21(19)29-3)26-15-22(28)27-12-11-18-7-5-6-8-20(18)16-27;/h5-10,13H,4,11-12,14-16H2,1-3H3,(H2,24,25,26);1H. The summed E-state index contributed by atoms with van der Waals surface area (Å²) in [6.07, 6.45) is 0.906. The Morgan fingerprint density at radius 3 is 2.67 bits per heavy atom. The van der Waals surface area contributed by atoms with Crippen molar-refractivity contribution >= 4 is 35.8 Å². The molecule has 2 aromatic carbocycles. The van der Waals surface area contributed by atoms with Crippen molar-refractivity contribution in [2.45, 2.75) is 33.4 Å². The first-order valence-corrected chi connectivity index (χ1v) is 10.1. The molecule has 0 saturated carbocycles. The lowest BCUT2D eigenvalue weighted by atomic mass is 10.00. The van der Waals surface area contributed by atoms with E-state index in [1.807, 2.05) is 43.0 Å². The van der Waals surface area contributed by atoms with E-state index in [1.165, 1.54) is 11.1 Å². The summed E-state index contributed by atoms with van der Waals surface area (Å²) in [5.41, 5.74) is 4.73. The molecule has 1 aliphatic heterocycles. The second kappa shape index (κ2) is 11.8. The number of amides is 1. The van der Waals surface area contributed by atoms with Crippen LogP contribution < -0.4 is 15.4 Å². The predicted octanol–water partition coefficient (Wildman–Crippen LogP) is 3.26. The zero-order valence-electron chi connectivity index (χ0n) is 17.9. The van der Waals surface area contributed by atoms with Gasteiger partial charge in [-0.1, -0.05) is 36.4 Å². The number of nitrogens with one attached hydrogen (secondary N) is 2. The lowest BCUT2D eigenvalue weighted by Crippen LogP contribution is -2.45. The SMILES string of the molecule is CCNC(=NCc1ccc(C)cc1OC)NCC(=O)N1CCc2ccccc2C1.I. The van der Waals surface area contributed by atoms with Gasteiger partial charge in [0.25, 0.3) is 0 Å². The molecule has 162 valence electrons. The molecule has 1 amide bonds. The minimum absolute atomic E-state index is 0. The highest BCUT2D eigenvalue weighted by molar-refractivity contribution is 14.0. The van der Waals surface area contributed by atoms with Gasteiger partial charge in [0, 0.05) is 25.2 Å². The highest BCUT2D eigenvalue weighted by Crippen LogP contribution is 2.21. The average molecular weight is 522 g/mol. The lowest BCUT2D eigenvalue weighted by molar-refractivity contribution is -0.130. The molecule has 0 radical (unpaired) electrons. The van der Waals surface area contributed by atoms with Crippen LogP contribution in [0.3, 0.4) is 0 Å². The number of rotatable bonds is 6. The third-order valence-electron chi connectivity index (χ3n) is 5.08. The van der Waals surface area contributed by atoms with Crippen molar-refractivity contribution in [1.82, 2.24) is 15.5 Å². The molecular weight excluding hydrogens is 491 g/mol. The van der Waals surface area contributed by atoms with Crippen LogP contribution in [0.5, 0.6) is 5.75 Å². The van der Waals surface area contributed by atoms with Gasteiger partial charge in [-0.3, -0.25) is 4.79 Å². The Hall–Kier alpha value is -2.29. The number of methoxy groups -OCH3 is 1. The second-order valence-corrected chi connectivity index (χ2v) is 7.20. The topological polar surface area (TPSA) is 66.0 Å². The van der Waals surface area contributed by atoms with Crippen LogP contribution in [-0.2, 0) is 24.3 Å². The number of ether oxygens (including phenoxy) is 1. The van der Waals surface area contributed by atoms with Gasteiger partial charge in [-0.2, -0.15) is 0 Å². The molecule has 1 aliphatic rings. The summed E-state index contributed by atoms with van der Waals surface area (Å²) in [5.74, 6) is 1.53. The van der Waals surface area contributed by atoms with Crippen LogP contribution in [0.1, 0.15) is 29.2 Å². The third kappa shape index (κ3) is 6.35. The van der Waals surface area contributed by atoms with Gasteiger partial charge in [-0.05, 0) is 43.0 Å². The van der Waals surface area contributed by atoms with Crippen molar-refractivity contribution in [3.05, 3.63) is 64.7 Å². The highest BCUT2D eigenvalue weighted by atomic mass is 127. The molecule has 2 aromatic rings. The van der Waals surface area contributed by atoms with E-state index in [2.05, 4.69) is 33.8 Å². The number of carbonyl (C=O) groups excluding carboxylic acids is 1. The summed E-state index contributed by atoms with van der Waals surface area (Å²) in [6.45, 7) is 6.89. The molecule has 6 nitrogen and oxygen atoms in total. The summed E-state index contributed by atoms with van der Waals surface area (Å²) in [6, 6.07) is 14.4. The summed E-state index contributed by atoms with van der Waals surface area (Å²) in [7, 11) is 1.67. The van der Waals surface area contributed by atoms with Crippen molar-refractivity contribution in [1.29, 1.82) is 0 Å². The van der Waals surface area contributed by atoms with Crippen LogP contribution >= 0.6 is 24.0 Å². The van der Waals surface area contributed by atoms with E-state index < -0.39 is 0 Å². The van der Waals surface area contributed by atoms with Crippen LogP contribution in [0.2, 0.25) is 0 Å². The molecule has 0 spiro atoms. The Balaban J connectivity index is 0.00000320. The normalized spacial score (nSPS) is 13.2. The first kappa shape index (κ1) is 24.0. The molecule has 7 heteroatoms. The van der Waals surface area contributed by atoms with Gasteiger partial charge in [0.15, 0.2) is 5.96 Å². The van der Waals surface area contributed by atoms with Crippen LogP contribution in [-0.4, -0.2) is 43.5 Å². The van der Waals surface area contributed by atoms with E-state index in [0.29, 0.717) is 19.0 Å². The summed E-state index contributed by atoms with van der Waals surface area (Å²) < 4.78 is 5.45. The summed E-state index contributed by atoms with van der Waals surface area (Å²) >= 11 is 0. The maximum Gasteiger partial charge on any atom is 0.242 e. The van der Waals surface area contributed by atoms with E-state index >= 15 is 0 Å². The second-order valence-electron chi connectivity index (χ2n) is 7.20. The number of benzene rings is 2. The Kier molecular flexibility index (Phi) is 9.42. The number of aryl methyl sites for hydroxylation is 1. The fourth-order valence-electron chi connectivity index (χ4n) is 3.47. The fourth-order valence-corrected chi connectivity index (χ4v) is 3.47. The molecule has 0 aliphatic carbocycles. The third-order valence-corrected chi connectivity index (χ3v) is 5.08. The van der Waals surface area contributed by atoms with E-state index in [1.54, 1.807) is 7.11 Å². The van der Waals surface area contributed by atoms with Crippen molar-refractivity contribution < 1.29 is 9.53 Å². The van der Waals surface area contributed by atoms with E-state index in [9.17, 15) is 4.79 Å². The Labute approximate surface area is 196 Å². The van der Waals surface area contributed by atoms with Crippen LogP contribution in [0, 0.1) is 6.92 Å². The van der Waals surface area contributed by atoms with Crippen molar-refractivity contribution in [3.63, 3.8) is 0 Å². The van der Waals surface area contributed by atoms with Crippen LogP contribution in [0.4, 0.5) is 0 Å². The fraction of sp³-hybridized carbons (Fsp3) is 0.391. The molecule has 0 bridgehead atoms. The summed E-state index contributed by atoms with van der Waals surface area (Å²) in [5, 5.41) is 6.37. The minimum atomic E-state index is 0. The molecule has 2 N–H and O–H groups in total. The number of carbonyl (C=O) groups is 1. The summed E-state index contributed by atoms with van der Waals surface area (Å²) in [4.78, 5) is 19.2. The van der Waals surface area contributed by atoms with Gasteiger partial charge >= 0.3 is 0 Å². The molecule has 0 aromatic heterocycles. The number of halogens is 1. The maximum absolute atomic E-state index is 12.7. The van der Waals surface area contributed by atoms with Crippen molar-refractivity contribution in [2.75, 3.05) is 26.7 Å². The largest absolute Gasteiger partial charge is 0.496 e. The van der Waals surface area contributed by atoms with Crippen molar-refractivity contribution in [3.8, 4) is 5.75 Å². The van der Waals surface area contributed by atoms with Gasteiger partial charge in [-0.25, -0.2) is 4.99 Å². The number of hydrogen-bond donors (Lipinski definition) is 2. The van der Waals surface area contributed by atoms with Gasteiger partial charge in [0.2, 0.25) is 5.91 Å². The number of guanidine groups is 1. The molecular formula is C23H31IN4O2. The number of aliphatic imine (C=N–C) groups is 1. The predicted molar refractivity (Wildman–Crippen MR) is 132 cm³/mol. The zero-order valence-corrected chi connectivity index (χ0v) is 20.2. The monoisotopic (exact) mass is 522 g/mol. The molecule has 0 unspecified atom stereocenters. The molecule has 0 fully saturated rings. The number of hydrogen-bond acceptors (Lipinski definition) is 3. The molecule has 0 saturated heterocycles. The van der Waals surface area contributed by atoms with Gasteiger partial charge < -0.3 is 20.3 Å². The molecule has 30 heavy (non-hydrogen) atoms. The maximum atomic E-state index is 12.7. The molecule has 0 atom stereocenters. The Morgan fingerprint density at radius 1 is 1.17 bits per heavy atom. The first-order chi connectivity index (χ1) is 14.1. The highest BCUT2D eigenvalue weighted by Gasteiger charge is 2.20. The van der Waals surface area contributed by atoms with Crippen LogP contribution in [0.15, 0.2) is 47.5 Å². The van der Waals surface area contributed by atoms with Crippen molar-refractivity contribution in [2.24, 2.45) is 4.99 Å². The lowest BCUT2D eigenvalue weighted by Gasteiger charge is -2.29. The molecule has 3 rings (SSSR count). The van der Waals surface area contributed by atoms with E-state index in [4.69, 9.17) is 4.74 Å².